The Balaban J connectivity index is 1.62. The second-order valence-corrected chi connectivity index (χ2v) is 6.44. The topological polar surface area (TPSA) is 69.2 Å². The van der Waals surface area contributed by atoms with Crippen molar-refractivity contribution in [1.82, 2.24) is 5.32 Å². The van der Waals surface area contributed by atoms with E-state index in [1.807, 2.05) is 60.7 Å². The number of carbonyl (C=O) groups is 1. The fourth-order valence-electron chi connectivity index (χ4n) is 2.97. The lowest BCUT2D eigenvalue weighted by molar-refractivity contribution is -0.126. The van der Waals surface area contributed by atoms with Gasteiger partial charge in [0.2, 0.25) is 0 Å². The molecule has 154 valence electrons. The summed E-state index contributed by atoms with van der Waals surface area (Å²) in [6.45, 7) is -0.203. The summed E-state index contributed by atoms with van der Waals surface area (Å²) in [7, 11) is 3.15. The first kappa shape index (κ1) is 20.9. The number of nitrogens with one attached hydrogen (secondary N) is 1. The number of ether oxygens (including phenoxy) is 2. The van der Waals surface area contributed by atoms with E-state index in [4.69, 9.17) is 14.3 Å². The predicted octanol–water partition coefficient (Wildman–Crippen LogP) is 3.96. The van der Waals surface area contributed by atoms with E-state index in [0.29, 0.717) is 17.1 Å². The molecule has 6 nitrogen and oxygen atoms in total. The van der Waals surface area contributed by atoms with Gasteiger partial charge in [-0.1, -0.05) is 65.8 Å². The van der Waals surface area contributed by atoms with Crippen LogP contribution in [-0.4, -0.2) is 32.9 Å². The van der Waals surface area contributed by atoms with Gasteiger partial charge in [0.05, 0.1) is 26.5 Å². The smallest absolute Gasteiger partial charge is 0.261 e. The first-order valence-corrected chi connectivity index (χ1v) is 9.48. The molecule has 1 N–H and O–H groups in total. The van der Waals surface area contributed by atoms with Crippen LogP contribution in [0.3, 0.4) is 0 Å². The fourth-order valence-corrected chi connectivity index (χ4v) is 2.97. The van der Waals surface area contributed by atoms with Gasteiger partial charge in [-0.2, -0.15) is 0 Å². The number of oxime groups is 1. The second kappa shape index (κ2) is 10.7. The average molecular weight is 404 g/mol. The number of hydrogen-bond donors (Lipinski definition) is 1. The minimum Gasteiger partial charge on any atom is -0.497 e. The maximum Gasteiger partial charge on any atom is 0.261 e. The number of benzene rings is 3. The van der Waals surface area contributed by atoms with Crippen LogP contribution in [0, 0.1) is 0 Å². The summed E-state index contributed by atoms with van der Waals surface area (Å²) in [4.78, 5) is 17.7. The van der Waals surface area contributed by atoms with Crippen LogP contribution in [0.15, 0.2) is 84.0 Å². The van der Waals surface area contributed by atoms with Gasteiger partial charge in [0, 0.05) is 11.6 Å². The van der Waals surface area contributed by atoms with Crippen LogP contribution in [0.1, 0.15) is 22.7 Å². The highest BCUT2D eigenvalue weighted by molar-refractivity contribution is 5.83. The van der Waals surface area contributed by atoms with E-state index >= 15 is 0 Å². The van der Waals surface area contributed by atoms with Crippen molar-refractivity contribution < 1.29 is 19.1 Å². The SMILES string of the molecule is COc1ccc(C=NOCC(=O)NC(c2ccccc2)c2ccccc2)c(OC)c1. The Morgan fingerprint density at radius 1 is 0.933 bits per heavy atom. The summed E-state index contributed by atoms with van der Waals surface area (Å²) in [6, 6.07) is 24.7. The highest BCUT2D eigenvalue weighted by Crippen LogP contribution is 2.23. The van der Waals surface area contributed by atoms with Crippen molar-refractivity contribution >= 4 is 12.1 Å². The van der Waals surface area contributed by atoms with E-state index in [1.54, 1.807) is 32.4 Å². The maximum atomic E-state index is 12.5. The van der Waals surface area contributed by atoms with Crippen molar-refractivity contribution in [1.29, 1.82) is 0 Å². The molecule has 0 radical (unpaired) electrons. The zero-order valence-corrected chi connectivity index (χ0v) is 16.9. The molecule has 0 spiro atoms. The van der Waals surface area contributed by atoms with E-state index in [-0.39, 0.29) is 18.6 Å². The number of rotatable bonds is 9. The lowest BCUT2D eigenvalue weighted by atomic mass is 9.99. The third-order valence-corrected chi connectivity index (χ3v) is 4.47. The molecule has 3 rings (SSSR count). The van der Waals surface area contributed by atoms with Crippen LogP contribution in [0.2, 0.25) is 0 Å². The molecule has 3 aromatic rings. The molecule has 0 unspecified atom stereocenters. The maximum absolute atomic E-state index is 12.5. The molecule has 0 aromatic heterocycles. The lowest BCUT2D eigenvalue weighted by Crippen LogP contribution is -2.31. The zero-order chi connectivity index (χ0) is 21.2. The third kappa shape index (κ3) is 5.61. The van der Waals surface area contributed by atoms with Gasteiger partial charge < -0.3 is 19.6 Å². The molecule has 0 bridgehead atoms. The number of amides is 1. The Bertz CT molecular complexity index is 936. The normalized spacial score (nSPS) is 10.8. The molecule has 3 aromatic carbocycles. The van der Waals surface area contributed by atoms with Crippen LogP contribution < -0.4 is 14.8 Å². The van der Waals surface area contributed by atoms with Crippen molar-refractivity contribution in [2.45, 2.75) is 6.04 Å². The Kier molecular flexibility index (Phi) is 7.44. The number of methoxy groups -OCH3 is 2. The molecular weight excluding hydrogens is 380 g/mol. The molecule has 0 saturated heterocycles. The molecule has 0 atom stereocenters. The minimum absolute atomic E-state index is 0.203. The first-order chi connectivity index (χ1) is 14.7. The number of nitrogens with zero attached hydrogens (tertiary/aromatic N) is 1. The van der Waals surface area contributed by atoms with Crippen molar-refractivity contribution in [2.75, 3.05) is 20.8 Å². The number of hydrogen-bond acceptors (Lipinski definition) is 5. The lowest BCUT2D eigenvalue weighted by Gasteiger charge is -2.19. The van der Waals surface area contributed by atoms with Crippen molar-refractivity contribution in [3.05, 3.63) is 95.6 Å². The highest BCUT2D eigenvalue weighted by Gasteiger charge is 2.16. The molecule has 30 heavy (non-hydrogen) atoms. The zero-order valence-electron chi connectivity index (χ0n) is 16.9. The molecule has 6 heteroatoms. The molecule has 0 aliphatic rings. The van der Waals surface area contributed by atoms with Gasteiger partial charge in [-0.05, 0) is 23.3 Å². The summed E-state index contributed by atoms with van der Waals surface area (Å²) < 4.78 is 10.5. The molecule has 0 aliphatic carbocycles. The van der Waals surface area contributed by atoms with E-state index in [2.05, 4.69) is 10.5 Å². The van der Waals surface area contributed by atoms with Gasteiger partial charge in [0.15, 0.2) is 6.61 Å². The second-order valence-electron chi connectivity index (χ2n) is 6.44. The first-order valence-electron chi connectivity index (χ1n) is 9.48. The highest BCUT2D eigenvalue weighted by atomic mass is 16.6. The molecule has 0 aliphatic heterocycles. The molecule has 0 saturated carbocycles. The number of carbonyl (C=O) groups excluding carboxylic acids is 1. The minimum atomic E-state index is -0.272. The predicted molar refractivity (Wildman–Crippen MR) is 116 cm³/mol. The molecular formula is C24H24N2O4. The summed E-state index contributed by atoms with van der Waals surface area (Å²) in [5.41, 5.74) is 2.69. The molecule has 0 fully saturated rings. The summed E-state index contributed by atoms with van der Waals surface area (Å²) in [6.07, 6.45) is 1.50. The molecule has 0 heterocycles. The summed E-state index contributed by atoms with van der Waals surface area (Å²) in [5.74, 6) is 1.00. The van der Waals surface area contributed by atoms with Crippen molar-refractivity contribution in [3.63, 3.8) is 0 Å². The van der Waals surface area contributed by atoms with E-state index in [1.165, 1.54) is 6.21 Å². The van der Waals surface area contributed by atoms with Crippen LogP contribution in [0.5, 0.6) is 11.5 Å². The Hall–Kier alpha value is -3.80. The van der Waals surface area contributed by atoms with Crippen molar-refractivity contribution in [3.8, 4) is 11.5 Å². The van der Waals surface area contributed by atoms with Gasteiger partial charge in [0.1, 0.15) is 11.5 Å². The summed E-state index contributed by atoms with van der Waals surface area (Å²) in [5, 5.41) is 6.90. The van der Waals surface area contributed by atoms with E-state index in [0.717, 1.165) is 11.1 Å². The van der Waals surface area contributed by atoms with Gasteiger partial charge in [-0.3, -0.25) is 4.79 Å². The van der Waals surface area contributed by atoms with Crippen LogP contribution in [0.4, 0.5) is 0 Å². The standard InChI is InChI=1S/C24H24N2O4/c1-28-21-14-13-20(22(15-21)29-2)16-25-30-17-23(27)26-24(18-9-5-3-6-10-18)19-11-7-4-8-12-19/h3-16,24H,17H2,1-2H3,(H,26,27). The van der Waals surface area contributed by atoms with E-state index in [9.17, 15) is 4.79 Å². The molecule has 1 amide bonds. The van der Waals surface area contributed by atoms with Crippen LogP contribution in [-0.2, 0) is 9.63 Å². The van der Waals surface area contributed by atoms with Gasteiger partial charge >= 0.3 is 0 Å². The Morgan fingerprint density at radius 2 is 1.57 bits per heavy atom. The Morgan fingerprint density at radius 3 is 2.13 bits per heavy atom. The largest absolute Gasteiger partial charge is 0.497 e. The van der Waals surface area contributed by atoms with Crippen LogP contribution >= 0.6 is 0 Å². The van der Waals surface area contributed by atoms with Gasteiger partial charge in [-0.25, -0.2) is 0 Å². The van der Waals surface area contributed by atoms with Crippen LogP contribution in [0.25, 0.3) is 0 Å². The monoisotopic (exact) mass is 404 g/mol. The van der Waals surface area contributed by atoms with E-state index < -0.39 is 0 Å². The summed E-state index contributed by atoms with van der Waals surface area (Å²) >= 11 is 0. The quantitative estimate of drug-likeness (QED) is 0.433. The average Bonchev–Trinajstić information content (AvgIpc) is 2.81. The third-order valence-electron chi connectivity index (χ3n) is 4.47. The Labute approximate surface area is 176 Å². The van der Waals surface area contributed by atoms with Gasteiger partial charge in [-0.15, -0.1) is 0 Å². The van der Waals surface area contributed by atoms with Gasteiger partial charge in [0.25, 0.3) is 5.91 Å². The fraction of sp³-hybridized carbons (Fsp3) is 0.167. The van der Waals surface area contributed by atoms with Crippen molar-refractivity contribution in [2.24, 2.45) is 5.16 Å².